The predicted octanol–water partition coefficient (Wildman–Crippen LogP) is 5.38. The van der Waals surface area contributed by atoms with Crippen molar-refractivity contribution < 1.29 is 4.79 Å². The second-order valence-electron chi connectivity index (χ2n) is 4.33. The Kier molecular flexibility index (Phi) is 5.58. The Balaban J connectivity index is 1.78. The highest BCUT2D eigenvalue weighted by Gasteiger charge is 2.17. The lowest BCUT2D eigenvalue weighted by Crippen LogP contribution is -2.05. The molecular formula is C12H14Br2OS2. The number of thioether (sulfide) groups is 1. The smallest absolute Gasteiger partial charge is 0.174 e. The fourth-order valence-corrected chi connectivity index (χ4v) is 6.08. The summed E-state index contributed by atoms with van der Waals surface area (Å²) in [6, 6.07) is 1.91. The van der Waals surface area contributed by atoms with Crippen LogP contribution in [0.2, 0.25) is 0 Å². The first-order valence-electron chi connectivity index (χ1n) is 5.72. The Morgan fingerprint density at radius 3 is 2.71 bits per heavy atom. The highest BCUT2D eigenvalue weighted by atomic mass is 79.9. The van der Waals surface area contributed by atoms with Crippen LogP contribution < -0.4 is 0 Å². The van der Waals surface area contributed by atoms with Gasteiger partial charge in [0.05, 0.1) is 13.3 Å². The molecule has 0 bridgehead atoms. The molecule has 0 aromatic carbocycles. The molecule has 0 radical (unpaired) electrons. The Morgan fingerprint density at radius 2 is 2.12 bits per heavy atom. The van der Waals surface area contributed by atoms with Crippen molar-refractivity contribution in [3.05, 3.63) is 19.2 Å². The van der Waals surface area contributed by atoms with Crippen LogP contribution in [0, 0.1) is 5.92 Å². The average molecular weight is 398 g/mol. The van der Waals surface area contributed by atoms with E-state index in [1.807, 2.05) is 6.07 Å². The summed E-state index contributed by atoms with van der Waals surface area (Å²) in [7, 11) is 0. The molecule has 5 heteroatoms. The van der Waals surface area contributed by atoms with Gasteiger partial charge in [-0.3, -0.25) is 4.79 Å². The quantitative estimate of drug-likeness (QED) is 0.620. The number of hydrogen-bond donors (Lipinski definition) is 0. The number of rotatable bonds is 5. The van der Waals surface area contributed by atoms with E-state index in [0.29, 0.717) is 5.75 Å². The van der Waals surface area contributed by atoms with Gasteiger partial charge in [-0.15, -0.1) is 11.3 Å². The maximum absolute atomic E-state index is 12.0. The van der Waals surface area contributed by atoms with E-state index < -0.39 is 0 Å². The Labute approximate surface area is 127 Å². The number of carbonyl (C=O) groups is 1. The number of thiophene rings is 1. The first kappa shape index (κ1) is 14.1. The molecule has 1 heterocycles. The van der Waals surface area contributed by atoms with Gasteiger partial charge in [0.25, 0.3) is 0 Å². The molecule has 1 aliphatic carbocycles. The van der Waals surface area contributed by atoms with Crippen LogP contribution in [0.15, 0.2) is 13.6 Å². The Bertz CT molecular complexity index is 397. The van der Waals surface area contributed by atoms with Crippen molar-refractivity contribution in [2.45, 2.75) is 25.7 Å². The van der Waals surface area contributed by atoms with Crippen LogP contribution in [0.3, 0.4) is 0 Å². The first-order chi connectivity index (χ1) is 8.16. The van der Waals surface area contributed by atoms with Gasteiger partial charge in [-0.05, 0) is 62.4 Å². The van der Waals surface area contributed by atoms with Gasteiger partial charge in [-0.2, -0.15) is 11.8 Å². The molecule has 1 nitrogen and oxygen atoms in total. The molecule has 0 aliphatic heterocycles. The molecular weight excluding hydrogens is 384 g/mol. The zero-order valence-electron chi connectivity index (χ0n) is 9.38. The Hall–Kier alpha value is 0.680. The van der Waals surface area contributed by atoms with Gasteiger partial charge in [0.2, 0.25) is 0 Å². The van der Waals surface area contributed by atoms with Crippen molar-refractivity contribution in [1.29, 1.82) is 0 Å². The van der Waals surface area contributed by atoms with Gasteiger partial charge in [0.1, 0.15) is 0 Å². The van der Waals surface area contributed by atoms with Crippen LogP contribution >= 0.6 is 55.0 Å². The molecule has 0 N–H and O–H groups in total. The minimum absolute atomic E-state index is 0.238. The lowest BCUT2D eigenvalue weighted by atomic mass is 10.1. The number of carbonyl (C=O) groups excluding carboxylic acids is 1. The number of Topliss-reactive ketones (excluding diaryl/α,β-unsaturated/α-hetero) is 1. The van der Waals surface area contributed by atoms with Crippen molar-refractivity contribution in [2.24, 2.45) is 5.92 Å². The summed E-state index contributed by atoms with van der Waals surface area (Å²) in [5.74, 6) is 2.85. The summed E-state index contributed by atoms with van der Waals surface area (Å²) in [5, 5.41) is 0. The molecule has 1 aromatic heterocycles. The number of ketones is 1. The van der Waals surface area contributed by atoms with E-state index in [9.17, 15) is 4.79 Å². The molecule has 17 heavy (non-hydrogen) atoms. The molecule has 0 unspecified atom stereocenters. The summed E-state index contributed by atoms with van der Waals surface area (Å²) < 4.78 is 1.95. The van der Waals surface area contributed by atoms with E-state index >= 15 is 0 Å². The second kappa shape index (κ2) is 6.73. The molecule has 0 spiro atoms. The number of hydrogen-bond acceptors (Lipinski definition) is 3. The molecule has 2 rings (SSSR count). The fourth-order valence-electron chi connectivity index (χ4n) is 2.10. The van der Waals surface area contributed by atoms with Crippen LogP contribution in [0.25, 0.3) is 0 Å². The lowest BCUT2D eigenvalue weighted by molar-refractivity contribution is 0.102. The topological polar surface area (TPSA) is 17.1 Å². The molecule has 1 aliphatic rings. The van der Waals surface area contributed by atoms with Gasteiger partial charge < -0.3 is 0 Å². The van der Waals surface area contributed by atoms with Gasteiger partial charge in [0, 0.05) is 5.56 Å². The standard InChI is InChI=1S/C12H14Br2OS2/c13-11-5-9(12(14)17-11)10(15)7-16-6-8-3-1-2-4-8/h5,8H,1-4,6-7H2. The van der Waals surface area contributed by atoms with E-state index in [4.69, 9.17) is 0 Å². The van der Waals surface area contributed by atoms with Gasteiger partial charge >= 0.3 is 0 Å². The zero-order chi connectivity index (χ0) is 12.3. The van der Waals surface area contributed by atoms with Crippen LogP contribution in [0.4, 0.5) is 0 Å². The molecule has 0 saturated heterocycles. The Morgan fingerprint density at radius 1 is 1.41 bits per heavy atom. The van der Waals surface area contributed by atoms with Crippen molar-refractivity contribution in [3.63, 3.8) is 0 Å². The molecule has 94 valence electrons. The second-order valence-corrected chi connectivity index (χ2v) is 9.11. The van der Waals surface area contributed by atoms with Crippen LogP contribution in [-0.2, 0) is 0 Å². The van der Waals surface area contributed by atoms with Crippen molar-refractivity contribution in [3.8, 4) is 0 Å². The van der Waals surface area contributed by atoms with Crippen molar-refractivity contribution in [2.75, 3.05) is 11.5 Å². The van der Waals surface area contributed by atoms with Gasteiger partial charge in [0.15, 0.2) is 5.78 Å². The highest BCUT2D eigenvalue weighted by molar-refractivity contribution is 9.12. The summed E-state index contributed by atoms with van der Waals surface area (Å²) in [5.41, 5.74) is 0.820. The monoisotopic (exact) mass is 396 g/mol. The molecule has 1 aromatic rings. The largest absolute Gasteiger partial charge is 0.293 e. The minimum atomic E-state index is 0.238. The van der Waals surface area contributed by atoms with E-state index in [0.717, 1.165) is 24.8 Å². The minimum Gasteiger partial charge on any atom is -0.293 e. The van der Waals surface area contributed by atoms with Gasteiger partial charge in [-0.25, -0.2) is 0 Å². The fraction of sp³-hybridized carbons (Fsp3) is 0.583. The van der Waals surface area contributed by atoms with E-state index in [-0.39, 0.29) is 5.78 Å². The normalized spacial score (nSPS) is 16.6. The SMILES string of the molecule is O=C(CSCC1CCCC1)c1cc(Br)sc1Br. The summed E-state index contributed by atoms with van der Waals surface area (Å²) in [6.45, 7) is 0. The third-order valence-electron chi connectivity index (χ3n) is 3.02. The van der Waals surface area contributed by atoms with E-state index in [2.05, 4.69) is 31.9 Å². The van der Waals surface area contributed by atoms with Gasteiger partial charge in [-0.1, -0.05) is 12.8 Å². The third-order valence-corrected chi connectivity index (χ3v) is 6.53. The van der Waals surface area contributed by atoms with Crippen molar-refractivity contribution in [1.82, 2.24) is 0 Å². The van der Waals surface area contributed by atoms with Crippen LogP contribution in [-0.4, -0.2) is 17.3 Å². The van der Waals surface area contributed by atoms with Crippen LogP contribution in [0.1, 0.15) is 36.0 Å². The average Bonchev–Trinajstić information content (AvgIpc) is 2.88. The third kappa shape index (κ3) is 4.08. The molecule has 0 atom stereocenters. The maximum Gasteiger partial charge on any atom is 0.174 e. The summed E-state index contributed by atoms with van der Waals surface area (Å²) in [6.07, 6.45) is 5.47. The molecule has 1 fully saturated rings. The lowest BCUT2D eigenvalue weighted by Gasteiger charge is -2.07. The predicted molar refractivity (Wildman–Crippen MR) is 83.3 cm³/mol. The highest BCUT2D eigenvalue weighted by Crippen LogP contribution is 2.33. The first-order valence-corrected chi connectivity index (χ1v) is 9.28. The number of halogens is 2. The van der Waals surface area contributed by atoms with Crippen LogP contribution in [0.5, 0.6) is 0 Å². The zero-order valence-corrected chi connectivity index (χ0v) is 14.2. The summed E-state index contributed by atoms with van der Waals surface area (Å²) in [4.78, 5) is 12.0. The maximum atomic E-state index is 12.0. The van der Waals surface area contributed by atoms with Crippen molar-refractivity contribution >= 4 is 60.7 Å². The molecule has 1 saturated carbocycles. The summed E-state index contributed by atoms with van der Waals surface area (Å²) >= 11 is 10.2. The van der Waals surface area contributed by atoms with E-state index in [1.54, 1.807) is 23.1 Å². The van der Waals surface area contributed by atoms with E-state index in [1.165, 1.54) is 25.7 Å². The molecule has 0 amide bonds.